The number of benzene rings is 1. The standard InChI is InChI=1S/C16H26N2O.ClH/c1-4-8-15(17)16(19)18-11-14(12(2)3)13-9-6-5-7-10-13;/h5-7,9-10,12,14-15H,4,8,11,17H2,1-3H3,(H,18,19);1H. The van der Waals surface area contributed by atoms with Gasteiger partial charge in [0.1, 0.15) is 0 Å². The second kappa shape index (κ2) is 9.78. The molecule has 1 aromatic rings. The zero-order chi connectivity index (χ0) is 14.3. The summed E-state index contributed by atoms with van der Waals surface area (Å²) < 4.78 is 0. The predicted octanol–water partition coefficient (Wildman–Crippen LogP) is 3.09. The summed E-state index contributed by atoms with van der Waals surface area (Å²) in [7, 11) is 0. The molecule has 4 heteroatoms. The molecule has 0 aliphatic carbocycles. The number of carbonyl (C=O) groups is 1. The molecule has 0 aliphatic rings. The van der Waals surface area contributed by atoms with Crippen molar-refractivity contribution < 1.29 is 4.79 Å². The Morgan fingerprint density at radius 1 is 1.25 bits per heavy atom. The van der Waals surface area contributed by atoms with Crippen LogP contribution in [0, 0.1) is 5.92 Å². The van der Waals surface area contributed by atoms with E-state index in [0.717, 1.165) is 12.8 Å². The summed E-state index contributed by atoms with van der Waals surface area (Å²) in [6.07, 6.45) is 1.67. The highest BCUT2D eigenvalue weighted by Crippen LogP contribution is 2.23. The van der Waals surface area contributed by atoms with Gasteiger partial charge in [-0.2, -0.15) is 0 Å². The molecule has 3 nitrogen and oxygen atoms in total. The van der Waals surface area contributed by atoms with Gasteiger partial charge in [-0.15, -0.1) is 12.4 Å². The molecule has 0 bridgehead atoms. The van der Waals surface area contributed by atoms with E-state index in [2.05, 4.69) is 31.3 Å². The summed E-state index contributed by atoms with van der Waals surface area (Å²) >= 11 is 0. The van der Waals surface area contributed by atoms with Crippen LogP contribution in [-0.4, -0.2) is 18.5 Å². The molecule has 0 heterocycles. The molecule has 2 atom stereocenters. The average Bonchev–Trinajstić information content (AvgIpc) is 2.39. The van der Waals surface area contributed by atoms with Crippen molar-refractivity contribution in [3.05, 3.63) is 35.9 Å². The smallest absolute Gasteiger partial charge is 0.236 e. The minimum absolute atomic E-state index is 0. The Morgan fingerprint density at radius 3 is 2.35 bits per heavy atom. The van der Waals surface area contributed by atoms with Gasteiger partial charge in [0.05, 0.1) is 6.04 Å². The van der Waals surface area contributed by atoms with E-state index < -0.39 is 0 Å². The molecule has 20 heavy (non-hydrogen) atoms. The van der Waals surface area contributed by atoms with Crippen LogP contribution in [0.25, 0.3) is 0 Å². The Balaban J connectivity index is 0.00000361. The van der Waals surface area contributed by atoms with E-state index in [0.29, 0.717) is 18.4 Å². The molecule has 114 valence electrons. The number of carbonyl (C=O) groups excluding carboxylic acids is 1. The van der Waals surface area contributed by atoms with Gasteiger partial charge in [0.15, 0.2) is 0 Å². The maximum atomic E-state index is 11.9. The van der Waals surface area contributed by atoms with Crippen LogP contribution in [-0.2, 0) is 4.79 Å². The second-order valence-corrected chi connectivity index (χ2v) is 5.40. The minimum atomic E-state index is -0.381. The van der Waals surface area contributed by atoms with Crippen LogP contribution in [0.1, 0.15) is 45.1 Å². The molecule has 0 saturated carbocycles. The zero-order valence-electron chi connectivity index (χ0n) is 12.6. The first-order valence-electron chi connectivity index (χ1n) is 7.14. The zero-order valence-corrected chi connectivity index (χ0v) is 13.5. The van der Waals surface area contributed by atoms with Gasteiger partial charge in [0.25, 0.3) is 0 Å². The highest BCUT2D eigenvalue weighted by Gasteiger charge is 2.18. The van der Waals surface area contributed by atoms with Crippen LogP contribution < -0.4 is 11.1 Å². The second-order valence-electron chi connectivity index (χ2n) is 5.40. The van der Waals surface area contributed by atoms with Crippen LogP contribution in [0.4, 0.5) is 0 Å². The summed E-state index contributed by atoms with van der Waals surface area (Å²) in [5.41, 5.74) is 7.08. The van der Waals surface area contributed by atoms with Crippen molar-refractivity contribution in [1.29, 1.82) is 0 Å². The SMILES string of the molecule is CCCC(N)C(=O)NCC(c1ccccc1)C(C)C.Cl. The van der Waals surface area contributed by atoms with Gasteiger partial charge >= 0.3 is 0 Å². The van der Waals surface area contributed by atoms with E-state index in [1.165, 1.54) is 5.56 Å². The molecule has 3 N–H and O–H groups in total. The molecule has 1 rings (SSSR count). The van der Waals surface area contributed by atoms with Crippen molar-refractivity contribution in [1.82, 2.24) is 5.32 Å². The normalized spacial score (nSPS) is 13.4. The summed E-state index contributed by atoms with van der Waals surface area (Å²) in [4.78, 5) is 11.9. The van der Waals surface area contributed by atoms with Crippen molar-refractivity contribution >= 4 is 18.3 Å². The first kappa shape index (κ1) is 18.9. The van der Waals surface area contributed by atoms with Gasteiger partial charge in [0, 0.05) is 12.5 Å². The van der Waals surface area contributed by atoms with Crippen LogP contribution in [0.2, 0.25) is 0 Å². The number of hydrogen-bond acceptors (Lipinski definition) is 2. The first-order chi connectivity index (χ1) is 9.06. The Labute approximate surface area is 128 Å². The maximum Gasteiger partial charge on any atom is 0.236 e. The quantitative estimate of drug-likeness (QED) is 0.813. The lowest BCUT2D eigenvalue weighted by molar-refractivity contribution is -0.122. The molecule has 0 radical (unpaired) electrons. The van der Waals surface area contributed by atoms with E-state index in [9.17, 15) is 4.79 Å². The highest BCUT2D eigenvalue weighted by atomic mass is 35.5. The number of halogens is 1. The third-order valence-corrected chi connectivity index (χ3v) is 3.47. The van der Waals surface area contributed by atoms with Crippen molar-refractivity contribution in [3.63, 3.8) is 0 Å². The predicted molar refractivity (Wildman–Crippen MR) is 87.2 cm³/mol. The van der Waals surface area contributed by atoms with Crippen LogP contribution in [0.15, 0.2) is 30.3 Å². The molecular formula is C16H27ClN2O. The van der Waals surface area contributed by atoms with Crippen molar-refractivity contribution in [3.8, 4) is 0 Å². The highest BCUT2D eigenvalue weighted by molar-refractivity contribution is 5.85. The van der Waals surface area contributed by atoms with Crippen molar-refractivity contribution in [2.24, 2.45) is 11.7 Å². The molecule has 1 aromatic carbocycles. The van der Waals surface area contributed by atoms with E-state index in [1.807, 2.05) is 25.1 Å². The van der Waals surface area contributed by atoms with Crippen molar-refractivity contribution in [2.45, 2.75) is 45.6 Å². The fourth-order valence-corrected chi connectivity index (χ4v) is 2.22. The first-order valence-corrected chi connectivity index (χ1v) is 7.14. The summed E-state index contributed by atoms with van der Waals surface area (Å²) in [6, 6.07) is 9.93. The Kier molecular flexibility index (Phi) is 9.26. The van der Waals surface area contributed by atoms with E-state index in [-0.39, 0.29) is 24.4 Å². The lowest BCUT2D eigenvalue weighted by Crippen LogP contribution is -2.42. The average molecular weight is 299 g/mol. The molecule has 2 unspecified atom stereocenters. The van der Waals surface area contributed by atoms with Gasteiger partial charge in [-0.1, -0.05) is 57.5 Å². The number of hydrogen-bond donors (Lipinski definition) is 2. The van der Waals surface area contributed by atoms with Crippen LogP contribution >= 0.6 is 12.4 Å². The van der Waals surface area contributed by atoms with Gasteiger partial charge in [-0.3, -0.25) is 4.79 Å². The fraction of sp³-hybridized carbons (Fsp3) is 0.562. The Hall–Kier alpha value is -1.06. The third kappa shape index (κ3) is 5.93. The maximum absolute atomic E-state index is 11.9. The number of amides is 1. The molecule has 0 spiro atoms. The lowest BCUT2D eigenvalue weighted by Gasteiger charge is -2.22. The Bertz CT molecular complexity index is 381. The van der Waals surface area contributed by atoms with Gasteiger partial charge in [-0.25, -0.2) is 0 Å². The largest absolute Gasteiger partial charge is 0.354 e. The molecular weight excluding hydrogens is 272 g/mol. The van der Waals surface area contributed by atoms with Gasteiger partial charge in [0.2, 0.25) is 5.91 Å². The van der Waals surface area contributed by atoms with Crippen LogP contribution in [0.3, 0.4) is 0 Å². The van der Waals surface area contributed by atoms with Crippen molar-refractivity contribution in [2.75, 3.05) is 6.54 Å². The number of nitrogens with one attached hydrogen (secondary N) is 1. The summed E-state index contributed by atoms with van der Waals surface area (Å²) in [6.45, 7) is 7.04. The minimum Gasteiger partial charge on any atom is -0.354 e. The van der Waals surface area contributed by atoms with E-state index >= 15 is 0 Å². The molecule has 1 amide bonds. The number of rotatable bonds is 7. The molecule has 0 saturated heterocycles. The summed E-state index contributed by atoms with van der Waals surface area (Å²) in [5, 5.41) is 2.98. The molecule has 0 aliphatic heterocycles. The van der Waals surface area contributed by atoms with Crippen LogP contribution in [0.5, 0.6) is 0 Å². The monoisotopic (exact) mass is 298 g/mol. The molecule has 0 fully saturated rings. The van der Waals surface area contributed by atoms with E-state index in [4.69, 9.17) is 5.73 Å². The van der Waals surface area contributed by atoms with Gasteiger partial charge < -0.3 is 11.1 Å². The van der Waals surface area contributed by atoms with Gasteiger partial charge in [-0.05, 0) is 17.9 Å². The van der Waals surface area contributed by atoms with E-state index in [1.54, 1.807) is 0 Å². The number of nitrogens with two attached hydrogens (primary N) is 1. The molecule has 0 aromatic heterocycles. The summed E-state index contributed by atoms with van der Waals surface area (Å²) in [5.74, 6) is 0.771. The Morgan fingerprint density at radius 2 is 1.85 bits per heavy atom. The lowest BCUT2D eigenvalue weighted by atomic mass is 9.88. The third-order valence-electron chi connectivity index (χ3n) is 3.47. The topological polar surface area (TPSA) is 55.1 Å². The fourth-order valence-electron chi connectivity index (χ4n) is 2.22.